The third-order valence-corrected chi connectivity index (χ3v) is 6.02. The molecule has 0 unspecified atom stereocenters. The third-order valence-electron chi connectivity index (χ3n) is 4.49. The quantitative estimate of drug-likeness (QED) is 0.751. The molecule has 1 heterocycles. The van der Waals surface area contributed by atoms with Crippen molar-refractivity contribution in [2.24, 2.45) is 0 Å². The van der Waals surface area contributed by atoms with Crippen LogP contribution in [-0.2, 0) is 10.0 Å². The van der Waals surface area contributed by atoms with Gasteiger partial charge < -0.3 is 10.0 Å². The fourth-order valence-electron chi connectivity index (χ4n) is 2.88. The fraction of sp³-hybridized carbons (Fsp3) is 0.368. The fourth-order valence-corrected chi connectivity index (χ4v) is 4.23. The standard InChI is InChI=1S/C19H25N3O4S/c1-6-22(7-2)18-16(19(23)24)10-15(11-20-18)21-27(25,26)17-9-13(4)12(3)8-14(17)5/h8-11,21H,6-7H2,1-5H3,(H,23,24). The molecule has 0 aliphatic carbocycles. The summed E-state index contributed by atoms with van der Waals surface area (Å²) in [6.45, 7) is 10.5. The molecule has 2 aromatic rings. The summed E-state index contributed by atoms with van der Waals surface area (Å²) in [6, 6.07) is 4.73. The number of aryl methyl sites for hydroxylation is 3. The molecule has 1 aromatic heterocycles. The molecular weight excluding hydrogens is 366 g/mol. The number of aromatic nitrogens is 1. The molecule has 0 saturated heterocycles. The van der Waals surface area contributed by atoms with Crippen molar-refractivity contribution in [3.8, 4) is 0 Å². The Kier molecular flexibility index (Phi) is 6.10. The van der Waals surface area contributed by atoms with Crippen LogP contribution in [0.2, 0.25) is 0 Å². The van der Waals surface area contributed by atoms with Gasteiger partial charge in [-0.3, -0.25) is 4.72 Å². The maximum atomic E-state index is 12.8. The number of pyridine rings is 1. The molecule has 0 aliphatic rings. The number of hydrogen-bond donors (Lipinski definition) is 2. The molecule has 0 bridgehead atoms. The number of rotatable bonds is 7. The van der Waals surface area contributed by atoms with Crippen LogP contribution in [0.1, 0.15) is 40.9 Å². The molecule has 0 amide bonds. The third kappa shape index (κ3) is 4.39. The first-order chi connectivity index (χ1) is 12.6. The SMILES string of the molecule is CCN(CC)c1ncc(NS(=O)(=O)c2cc(C)c(C)cc2C)cc1C(=O)O. The summed E-state index contributed by atoms with van der Waals surface area (Å²) < 4.78 is 28.1. The molecule has 0 saturated carbocycles. The van der Waals surface area contributed by atoms with Crippen molar-refractivity contribution < 1.29 is 18.3 Å². The number of carbonyl (C=O) groups is 1. The number of anilines is 2. The Morgan fingerprint density at radius 2 is 1.67 bits per heavy atom. The van der Waals surface area contributed by atoms with E-state index in [2.05, 4.69) is 9.71 Å². The maximum Gasteiger partial charge on any atom is 0.339 e. The molecule has 2 N–H and O–H groups in total. The number of benzene rings is 1. The topological polar surface area (TPSA) is 99.6 Å². The van der Waals surface area contributed by atoms with Gasteiger partial charge in [-0.15, -0.1) is 0 Å². The van der Waals surface area contributed by atoms with E-state index in [-0.39, 0.29) is 16.1 Å². The smallest absolute Gasteiger partial charge is 0.339 e. The van der Waals surface area contributed by atoms with Gasteiger partial charge in [0.1, 0.15) is 11.4 Å². The van der Waals surface area contributed by atoms with Gasteiger partial charge >= 0.3 is 5.97 Å². The number of carboxylic acid groups (broad SMARTS) is 1. The zero-order valence-corrected chi connectivity index (χ0v) is 17.0. The van der Waals surface area contributed by atoms with Gasteiger partial charge in [0.05, 0.1) is 16.8 Å². The van der Waals surface area contributed by atoms with Crippen LogP contribution in [0.4, 0.5) is 11.5 Å². The first-order valence-corrected chi connectivity index (χ1v) is 10.2. The number of sulfonamides is 1. The Bertz CT molecular complexity index is 967. The molecule has 0 radical (unpaired) electrons. The lowest BCUT2D eigenvalue weighted by atomic mass is 10.1. The summed E-state index contributed by atoms with van der Waals surface area (Å²) in [5.74, 6) is -0.842. The molecule has 146 valence electrons. The van der Waals surface area contributed by atoms with Crippen LogP contribution in [0.15, 0.2) is 29.3 Å². The van der Waals surface area contributed by atoms with Crippen LogP contribution in [0.25, 0.3) is 0 Å². The van der Waals surface area contributed by atoms with E-state index in [0.29, 0.717) is 24.5 Å². The predicted octanol–water partition coefficient (Wildman–Crippen LogP) is 3.35. The molecule has 0 fully saturated rings. The van der Waals surface area contributed by atoms with Crippen molar-refractivity contribution in [1.82, 2.24) is 4.98 Å². The minimum atomic E-state index is -3.87. The van der Waals surface area contributed by atoms with Crippen molar-refractivity contribution in [2.45, 2.75) is 39.5 Å². The second-order valence-corrected chi connectivity index (χ2v) is 8.03. The monoisotopic (exact) mass is 391 g/mol. The van der Waals surface area contributed by atoms with Gasteiger partial charge in [0.25, 0.3) is 10.0 Å². The Labute approximate surface area is 160 Å². The van der Waals surface area contributed by atoms with Gasteiger partial charge in [-0.25, -0.2) is 18.2 Å². The van der Waals surface area contributed by atoms with E-state index in [1.807, 2.05) is 33.8 Å². The van der Waals surface area contributed by atoms with E-state index in [4.69, 9.17) is 0 Å². The van der Waals surface area contributed by atoms with Crippen LogP contribution in [0, 0.1) is 20.8 Å². The molecule has 8 heteroatoms. The normalized spacial score (nSPS) is 11.3. The van der Waals surface area contributed by atoms with E-state index in [0.717, 1.165) is 11.1 Å². The van der Waals surface area contributed by atoms with Crippen molar-refractivity contribution in [1.29, 1.82) is 0 Å². The largest absolute Gasteiger partial charge is 0.478 e. The summed E-state index contributed by atoms with van der Waals surface area (Å²) in [7, 11) is -3.87. The molecule has 27 heavy (non-hydrogen) atoms. The van der Waals surface area contributed by atoms with E-state index >= 15 is 0 Å². The van der Waals surface area contributed by atoms with Crippen LogP contribution in [-0.4, -0.2) is 37.6 Å². The zero-order valence-electron chi connectivity index (χ0n) is 16.2. The van der Waals surface area contributed by atoms with E-state index < -0.39 is 16.0 Å². The Balaban J connectivity index is 2.46. The summed E-state index contributed by atoms with van der Waals surface area (Å²) in [5, 5.41) is 9.51. The number of hydrogen-bond acceptors (Lipinski definition) is 5. The Morgan fingerprint density at radius 1 is 1.07 bits per heavy atom. The minimum Gasteiger partial charge on any atom is -0.478 e. The van der Waals surface area contributed by atoms with Crippen molar-refractivity contribution in [3.63, 3.8) is 0 Å². The minimum absolute atomic E-state index is 0.0456. The number of nitrogens with zero attached hydrogens (tertiary/aromatic N) is 2. The predicted molar refractivity (Wildman–Crippen MR) is 106 cm³/mol. The zero-order chi connectivity index (χ0) is 20.4. The average Bonchev–Trinajstić information content (AvgIpc) is 2.59. The van der Waals surface area contributed by atoms with Crippen LogP contribution >= 0.6 is 0 Å². The van der Waals surface area contributed by atoms with Crippen molar-refractivity contribution in [3.05, 3.63) is 46.6 Å². The van der Waals surface area contributed by atoms with Crippen LogP contribution in [0.5, 0.6) is 0 Å². The number of aromatic carboxylic acids is 1. The molecule has 2 rings (SSSR count). The lowest BCUT2D eigenvalue weighted by molar-refractivity contribution is 0.0697. The Morgan fingerprint density at radius 3 is 2.22 bits per heavy atom. The van der Waals surface area contributed by atoms with Crippen LogP contribution in [0.3, 0.4) is 0 Å². The molecule has 0 aliphatic heterocycles. The van der Waals surface area contributed by atoms with Crippen molar-refractivity contribution >= 4 is 27.5 Å². The Hall–Kier alpha value is -2.61. The molecule has 7 nitrogen and oxygen atoms in total. The van der Waals surface area contributed by atoms with Crippen molar-refractivity contribution in [2.75, 3.05) is 22.7 Å². The van der Waals surface area contributed by atoms with Gasteiger partial charge in [0.2, 0.25) is 0 Å². The van der Waals surface area contributed by atoms with Gasteiger partial charge in [-0.2, -0.15) is 0 Å². The van der Waals surface area contributed by atoms with E-state index in [9.17, 15) is 18.3 Å². The lowest BCUT2D eigenvalue weighted by Gasteiger charge is -2.22. The maximum absolute atomic E-state index is 12.8. The highest BCUT2D eigenvalue weighted by atomic mass is 32.2. The molecule has 1 aromatic carbocycles. The van der Waals surface area contributed by atoms with Gasteiger partial charge in [0.15, 0.2) is 0 Å². The number of nitrogens with one attached hydrogen (secondary N) is 1. The van der Waals surface area contributed by atoms with Gasteiger partial charge in [-0.05, 0) is 63.4 Å². The first-order valence-electron chi connectivity index (χ1n) is 8.69. The van der Waals surface area contributed by atoms with E-state index in [1.54, 1.807) is 17.9 Å². The van der Waals surface area contributed by atoms with Gasteiger partial charge in [0, 0.05) is 13.1 Å². The van der Waals surface area contributed by atoms with Gasteiger partial charge in [-0.1, -0.05) is 6.07 Å². The first kappa shape index (κ1) is 20.7. The highest BCUT2D eigenvalue weighted by Crippen LogP contribution is 2.25. The average molecular weight is 391 g/mol. The second-order valence-electron chi connectivity index (χ2n) is 6.38. The summed E-state index contributed by atoms with van der Waals surface area (Å²) in [6.07, 6.45) is 1.34. The highest BCUT2D eigenvalue weighted by Gasteiger charge is 2.21. The molecule has 0 spiro atoms. The lowest BCUT2D eigenvalue weighted by Crippen LogP contribution is -2.25. The van der Waals surface area contributed by atoms with Crippen LogP contribution < -0.4 is 9.62 Å². The van der Waals surface area contributed by atoms with E-state index in [1.165, 1.54) is 12.3 Å². The number of carboxylic acids is 1. The molecular formula is C19H25N3O4S. The summed E-state index contributed by atoms with van der Waals surface area (Å²) >= 11 is 0. The second kappa shape index (κ2) is 7.96. The summed E-state index contributed by atoms with van der Waals surface area (Å²) in [5.41, 5.74) is 2.56. The summed E-state index contributed by atoms with van der Waals surface area (Å²) in [4.78, 5) is 17.8. The highest BCUT2D eigenvalue weighted by molar-refractivity contribution is 7.92. The molecule has 0 atom stereocenters.